The summed E-state index contributed by atoms with van der Waals surface area (Å²) in [6.45, 7) is 1.29. The fourth-order valence-corrected chi connectivity index (χ4v) is 2.59. The van der Waals surface area contributed by atoms with Gasteiger partial charge in [-0.25, -0.2) is 9.78 Å². The van der Waals surface area contributed by atoms with E-state index in [4.69, 9.17) is 5.11 Å². The Morgan fingerprint density at radius 3 is 1.83 bits per heavy atom. The number of alkyl halides is 6. The predicted octanol–water partition coefficient (Wildman–Crippen LogP) is 2.29. The SMILES string of the molecule is CCSc1c(C(=O)[O-])c(C(F)(F)F)nc(C(F)(F)F)c1C(=O)O. The van der Waals surface area contributed by atoms with Crippen molar-refractivity contribution >= 4 is 23.7 Å². The first kappa shape index (κ1) is 19.1. The molecule has 0 saturated heterocycles. The molecule has 0 aliphatic carbocycles. The van der Waals surface area contributed by atoms with Crippen molar-refractivity contribution in [2.45, 2.75) is 24.2 Å². The molecule has 128 valence electrons. The summed E-state index contributed by atoms with van der Waals surface area (Å²) in [5.74, 6) is -4.91. The van der Waals surface area contributed by atoms with Crippen LogP contribution in [0.3, 0.4) is 0 Å². The number of pyridine rings is 1. The van der Waals surface area contributed by atoms with Crippen LogP contribution in [0.4, 0.5) is 26.3 Å². The fourth-order valence-electron chi connectivity index (χ4n) is 1.65. The molecule has 0 aromatic carbocycles. The number of carbonyl (C=O) groups excluding carboxylic acids is 1. The highest BCUT2D eigenvalue weighted by Gasteiger charge is 2.45. The molecule has 1 N–H and O–H groups in total. The molecule has 1 aromatic rings. The van der Waals surface area contributed by atoms with Crippen molar-refractivity contribution < 1.29 is 46.1 Å². The van der Waals surface area contributed by atoms with Crippen molar-refractivity contribution in [2.24, 2.45) is 0 Å². The molecule has 23 heavy (non-hydrogen) atoms. The van der Waals surface area contributed by atoms with Gasteiger partial charge in [-0.15, -0.1) is 11.8 Å². The number of nitrogens with zero attached hydrogens (tertiary/aromatic N) is 1. The maximum absolute atomic E-state index is 12.9. The molecule has 1 rings (SSSR count). The molecule has 0 bridgehead atoms. The lowest BCUT2D eigenvalue weighted by molar-refractivity contribution is -0.256. The number of thioether (sulfide) groups is 1. The molecule has 5 nitrogen and oxygen atoms in total. The zero-order chi connectivity index (χ0) is 18.2. The van der Waals surface area contributed by atoms with E-state index in [1.54, 1.807) is 0 Å². The third-order valence-corrected chi connectivity index (χ3v) is 3.38. The van der Waals surface area contributed by atoms with E-state index in [1.807, 2.05) is 0 Å². The van der Waals surface area contributed by atoms with E-state index in [1.165, 1.54) is 6.92 Å². The molecule has 0 aliphatic heterocycles. The summed E-state index contributed by atoms with van der Waals surface area (Å²) < 4.78 is 77.2. The molecule has 0 amide bonds. The first-order valence-electron chi connectivity index (χ1n) is 5.62. The standard InChI is InChI=1S/C11H7F6NO4S/c1-2-23-5-3(8(19)20)6(10(12,13)14)18-7(11(15,16)17)4(5)9(21)22/h2H2,1H3,(H,19,20)(H,21,22)/p-1. The van der Waals surface area contributed by atoms with Gasteiger partial charge in [-0.2, -0.15) is 26.3 Å². The number of carboxylic acid groups (broad SMARTS) is 2. The van der Waals surface area contributed by atoms with Crippen molar-refractivity contribution in [3.63, 3.8) is 0 Å². The minimum Gasteiger partial charge on any atom is -0.545 e. The zero-order valence-electron chi connectivity index (χ0n) is 11.0. The molecule has 0 unspecified atom stereocenters. The minimum atomic E-state index is -5.55. The minimum absolute atomic E-state index is 0.181. The van der Waals surface area contributed by atoms with E-state index < -0.39 is 51.7 Å². The van der Waals surface area contributed by atoms with E-state index in [-0.39, 0.29) is 17.5 Å². The normalized spacial score (nSPS) is 12.3. The summed E-state index contributed by atoms with van der Waals surface area (Å²) in [6.07, 6.45) is -11.1. The van der Waals surface area contributed by atoms with Gasteiger partial charge in [0.15, 0.2) is 11.4 Å². The van der Waals surface area contributed by atoms with Crippen LogP contribution in [0.25, 0.3) is 0 Å². The molecule has 0 spiro atoms. The molecular formula is C11H6F6NO4S-. The van der Waals surface area contributed by atoms with Crippen LogP contribution in [0.2, 0.25) is 0 Å². The van der Waals surface area contributed by atoms with Gasteiger partial charge in [0.05, 0.1) is 5.97 Å². The fraction of sp³-hybridized carbons (Fsp3) is 0.364. The number of carboxylic acids is 2. The largest absolute Gasteiger partial charge is 0.545 e. The van der Waals surface area contributed by atoms with Gasteiger partial charge < -0.3 is 15.0 Å². The number of aromatic carboxylic acids is 2. The van der Waals surface area contributed by atoms with Crippen molar-refractivity contribution in [1.82, 2.24) is 4.98 Å². The van der Waals surface area contributed by atoms with Crippen LogP contribution in [0.1, 0.15) is 39.0 Å². The summed E-state index contributed by atoms with van der Waals surface area (Å²) in [5, 5.41) is 19.8. The van der Waals surface area contributed by atoms with E-state index in [0.717, 1.165) is 0 Å². The Balaban J connectivity index is 4.07. The molecule has 12 heteroatoms. The highest BCUT2D eigenvalue weighted by molar-refractivity contribution is 7.99. The van der Waals surface area contributed by atoms with Crippen LogP contribution >= 0.6 is 11.8 Å². The number of carbonyl (C=O) groups is 2. The molecular weight excluding hydrogens is 356 g/mol. The van der Waals surface area contributed by atoms with Gasteiger partial charge in [-0.05, 0) is 5.75 Å². The third kappa shape index (κ3) is 3.86. The predicted molar refractivity (Wildman–Crippen MR) is 61.9 cm³/mol. The van der Waals surface area contributed by atoms with Gasteiger partial charge in [-0.3, -0.25) is 0 Å². The molecule has 1 heterocycles. The lowest BCUT2D eigenvalue weighted by Crippen LogP contribution is -2.31. The first-order chi connectivity index (χ1) is 10.3. The summed E-state index contributed by atoms with van der Waals surface area (Å²) >= 11 is 0.204. The van der Waals surface area contributed by atoms with Crippen LogP contribution in [0.5, 0.6) is 0 Å². The van der Waals surface area contributed by atoms with E-state index >= 15 is 0 Å². The van der Waals surface area contributed by atoms with Gasteiger partial charge in [0.2, 0.25) is 0 Å². The Labute approximate surface area is 128 Å². The van der Waals surface area contributed by atoms with E-state index in [9.17, 15) is 41.0 Å². The second-order valence-corrected chi connectivity index (χ2v) is 5.18. The number of hydrogen-bond acceptors (Lipinski definition) is 5. The molecule has 0 fully saturated rings. The maximum Gasteiger partial charge on any atom is 0.434 e. The van der Waals surface area contributed by atoms with Gasteiger partial charge in [0.1, 0.15) is 5.56 Å². The smallest absolute Gasteiger partial charge is 0.434 e. The quantitative estimate of drug-likeness (QED) is 0.653. The van der Waals surface area contributed by atoms with Gasteiger partial charge in [-0.1, -0.05) is 6.92 Å². The van der Waals surface area contributed by atoms with Crippen LogP contribution < -0.4 is 5.11 Å². The van der Waals surface area contributed by atoms with Crippen LogP contribution in [-0.4, -0.2) is 27.8 Å². The molecule has 0 atom stereocenters. The van der Waals surface area contributed by atoms with Crippen molar-refractivity contribution in [2.75, 3.05) is 5.75 Å². The Morgan fingerprint density at radius 2 is 1.52 bits per heavy atom. The van der Waals surface area contributed by atoms with Gasteiger partial charge in [0, 0.05) is 10.5 Å². The number of halogens is 6. The summed E-state index contributed by atoms with van der Waals surface area (Å²) in [6, 6.07) is 0. The summed E-state index contributed by atoms with van der Waals surface area (Å²) in [5.41, 5.74) is -8.06. The van der Waals surface area contributed by atoms with E-state index in [2.05, 4.69) is 4.98 Å². The average molecular weight is 362 g/mol. The number of aromatic nitrogens is 1. The Kier molecular flexibility index (Phi) is 5.19. The van der Waals surface area contributed by atoms with Gasteiger partial charge in [0.25, 0.3) is 0 Å². The second-order valence-electron chi connectivity index (χ2n) is 3.91. The molecule has 0 saturated carbocycles. The lowest BCUT2D eigenvalue weighted by atomic mass is 10.1. The van der Waals surface area contributed by atoms with Crippen molar-refractivity contribution in [1.29, 1.82) is 0 Å². The monoisotopic (exact) mass is 362 g/mol. The number of rotatable bonds is 4. The first-order valence-corrected chi connectivity index (χ1v) is 6.60. The Morgan fingerprint density at radius 1 is 1.09 bits per heavy atom. The Hall–Kier alpha value is -1.98. The average Bonchev–Trinajstić information content (AvgIpc) is 2.34. The van der Waals surface area contributed by atoms with Crippen LogP contribution in [0.15, 0.2) is 4.90 Å². The van der Waals surface area contributed by atoms with Crippen molar-refractivity contribution in [3.8, 4) is 0 Å². The van der Waals surface area contributed by atoms with Crippen LogP contribution in [0, 0.1) is 0 Å². The molecule has 1 aromatic heterocycles. The van der Waals surface area contributed by atoms with Crippen LogP contribution in [-0.2, 0) is 12.4 Å². The maximum atomic E-state index is 12.9. The lowest BCUT2D eigenvalue weighted by Gasteiger charge is -2.21. The highest BCUT2D eigenvalue weighted by atomic mass is 32.2. The summed E-state index contributed by atoms with van der Waals surface area (Å²) in [4.78, 5) is 23.0. The Bertz CT molecular complexity index is 605. The number of hydrogen-bond donors (Lipinski definition) is 1. The molecule has 0 aliphatic rings. The summed E-state index contributed by atoms with van der Waals surface area (Å²) in [7, 11) is 0. The van der Waals surface area contributed by atoms with E-state index in [0.29, 0.717) is 0 Å². The van der Waals surface area contributed by atoms with Crippen molar-refractivity contribution in [3.05, 3.63) is 22.5 Å². The molecule has 0 radical (unpaired) electrons. The zero-order valence-corrected chi connectivity index (χ0v) is 11.8. The highest BCUT2D eigenvalue weighted by Crippen LogP contribution is 2.42. The topological polar surface area (TPSA) is 90.3 Å². The third-order valence-electron chi connectivity index (χ3n) is 2.40. The van der Waals surface area contributed by atoms with Gasteiger partial charge >= 0.3 is 18.3 Å². The second kappa shape index (κ2) is 6.26.